The van der Waals surface area contributed by atoms with Crippen LogP contribution in [0.25, 0.3) is 0 Å². The average Bonchev–Trinajstić information content (AvgIpc) is 2.44. The molecule has 0 heterocycles. The third-order valence-corrected chi connectivity index (χ3v) is 5.26. The van der Waals surface area contributed by atoms with E-state index in [1.165, 1.54) is 30.4 Å². The molecule has 0 spiro atoms. The summed E-state index contributed by atoms with van der Waals surface area (Å²) in [6, 6.07) is 9.45. The number of likely N-dealkylation sites (N-methyl/N-ethyl adjacent to an activating group) is 1. The van der Waals surface area contributed by atoms with Crippen LogP contribution in [0.4, 0.5) is 0 Å². The van der Waals surface area contributed by atoms with Gasteiger partial charge in [-0.15, -0.1) is 0 Å². The van der Waals surface area contributed by atoms with Gasteiger partial charge in [-0.3, -0.25) is 0 Å². The van der Waals surface area contributed by atoms with Gasteiger partial charge in [0.15, 0.2) is 0 Å². The van der Waals surface area contributed by atoms with E-state index >= 15 is 0 Å². The largest absolute Gasteiger partial charge is 0.376 e. The van der Waals surface area contributed by atoms with Crippen LogP contribution in [0.15, 0.2) is 24.3 Å². The van der Waals surface area contributed by atoms with Crippen molar-refractivity contribution in [2.45, 2.75) is 63.5 Å². The molecule has 0 radical (unpaired) electrons. The first-order valence-corrected chi connectivity index (χ1v) is 8.03. The number of benzene rings is 1. The fraction of sp³-hybridized carbons (Fsp3) is 0.667. The fourth-order valence-corrected chi connectivity index (χ4v) is 3.50. The van der Waals surface area contributed by atoms with Gasteiger partial charge in [-0.1, -0.05) is 44.5 Å². The predicted molar refractivity (Wildman–Crippen MR) is 85.2 cm³/mol. The molecule has 1 aromatic rings. The number of rotatable bonds is 7. The molecule has 2 nitrogen and oxygen atoms in total. The molecule has 1 fully saturated rings. The molecule has 1 unspecified atom stereocenters. The zero-order valence-corrected chi connectivity index (χ0v) is 13.4. The predicted octanol–water partition coefficient (Wildman–Crippen LogP) is 4.42. The summed E-state index contributed by atoms with van der Waals surface area (Å²) in [5.41, 5.74) is 2.72. The van der Waals surface area contributed by atoms with Gasteiger partial charge >= 0.3 is 0 Å². The molecule has 1 aromatic carbocycles. The van der Waals surface area contributed by atoms with Gasteiger partial charge in [0, 0.05) is 7.11 Å². The first kappa shape index (κ1) is 15.5. The molecule has 112 valence electrons. The van der Waals surface area contributed by atoms with Crippen LogP contribution in [-0.2, 0) is 4.74 Å². The van der Waals surface area contributed by atoms with Crippen molar-refractivity contribution in [3.63, 3.8) is 0 Å². The third kappa shape index (κ3) is 2.77. The van der Waals surface area contributed by atoms with Crippen molar-refractivity contribution in [2.24, 2.45) is 0 Å². The van der Waals surface area contributed by atoms with Crippen molar-refractivity contribution >= 4 is 0 Å². The average molecular weight is 275 g/mol. The van der Waals surface area contributed by atoms with E-state index in [0.717, 1.165) is 18.8 Å². The van der Waals surface area contributed by atoms with Gasteiger partial charge in [0.05, 0.1) is 11.6 Å². The van der Waals surface area contributed by atoms with Gasteiger partial charge in [0.2, 0.25) is 0 Å². The molecule has 1 aliphatic rings. The monoisotopic (exact) mass is 275 g/mol. The molecule has 0 aromatic heterocycles. The second kappa shape index (κ2) is 6.73. The standard InChI is InChI=1S/C18H29NO/c1-5-18(6-2,20-4)17(19-3)16-12-10-15(11-13-16)14-8-7-9-14/h10-14,17,19H,5-9H2,1-4H3. The summed E-state index contributed by atoms with van der Waals surface area (Å²) in [5, 5.41) is 3.46. The molecule has 0 aliphatic heterocycles. The van der Waals surface area contributed by atoms with E-state index in [4.69, 9.17) is 4.74 Å². The number of hydrogen-bond acceptors (Lipinski definition) is 2. The van der Waals surface area contributed by atoms with Gasteiger partial charge < -0.3 is 10.1 Å². The fourth-order valence-electron chi connectivity index (χ4n) is 3.50. The normalized spacial score (nSPS) is 17.8. The zero-order valence-electron chi connectivity index (χ0n) is 13.4. The van der Waals surface area contributed by atoms with Crippen molar-refractivity contribution in [1.82, 2.24) is 5.32 Å². The molecular formula is C18H29NO. The van der Waals surface area contributed by atoms with E-state index in [0.29, 0.717) is 0 Å². The van der Waals surface area contributed by atoms with Crippen molar-refractivity contribution in [3.05, 3.63) is 35.4 Å². The topological polar surface area (TPSA) is 21.3 Å². The van der Waals surface area contributed by atoms with Crippen LogP contribution in [0.1, 0.15) is 69.0 Å². The van der Waals surface area contributed by atoms with E-state index < -0.39 is 0 Å². The first-order chi connectivity index (χ1) is 9.70. The minimum absolute atomic E-state index is 0.118. The smallest absolute Gasteiger partial charge is 0.0867 e. The second-order valence-electron chi connectivity index (χ2n) is 5.99. The van der Waals surface area contributed by atoms with E-state index in [2.05, 4.69) is 43.4 Å². The molecule has 0 amide bonds. The minimum Gasteiger partial charge on any atom is -0.376 e. The Morgan fingerprint density at radius 2 is 1.80 bits per heavy atom. The van der Waals surface area contributed by atoms with Gasteiger partial charge in [0.1, 0.15) is 0 Å². The highest BCUT2D eigenvalue weighted by Gasteiger charge is 2.36. The summed E-state index contributed by atoms with van der Waals surface area (Å²) < 4.78 is 5.89. The van der Waals surface area contributed by atoms with Gasteiger partial charge in [0.25, 0.3) is 0 Å². The van der Waals surface area contributed by atoms with Gasteiger partial charge in [-0.25, -0.2) is 0 Å². The summed E-state index contributed by atoms with van der Waals surface area (Å²) in [7, 11) is 3.86. The van der Waals surface area contributed by atoms with Gasteiger partial charge in [-0.2, -0.15) is 0 Å². The van der Waals surface area contributed by atoms with Crippen molar-refractivity contribution in [2.75, 3.05) is 14.2 Å². The van der Waals surface area contributed by atoms with Crippen LogP contribution in [0.2, 0.25) is 0 Å². The maximum Gasteiger partial charge on any atom is 0.0867 e. The molecule has 0 bridgehead atoms. The maximum atomic E-state index is 5.89. The lowest BCUT2D eigenvalue weighted by atomic mass is 9.78. The third-order valence-electron chi connectivity index (χ3n) is 5.26. The van der Waals surface area contributed by atoms with Crippen molar-refractivity contribution in [1.29, 1.82) is 0 Å². The lowest BCUT2D eigenvalue weighted by Crippen LogP contribution is -2.43. The van der Waals surface area contributed by atoms with Crippen LogP contribution >= 0.6 is 0 Å². The molecule has 1 aliphatic carbocycles. The highest BCUT2D eigenvalue weighted by atomic mass is 16.5. The summed E-state index contributed by atoms with van der Waals surface area (Å²) in [6.07, 6.45) is 6.14. The van der Waals surface area contributed by atoms with E-state index in [1.807, 2.05) is 14.2 Å². The molecule has 20 heavy (non-hydrogen) atoms. The second-order valence-corrected chi connectivity index (χ2v) is 5.99. The summed E-state index contributed by atoms with van der Waals surface area (Å²) in [6.45, 7) is 4.42. The summed E-state index contributed by atoms with van der Waals surface area (Å²) in [5.74, 6) is 0.807. The molecule has 0 saturated heterocycles. The van der Waals surface area contributed by atoms with E-state index in [1.54, 1.807) is 0 Å². The van der Waals surface area contributed by atoms with Crippen molar-refractivity contribution in [3.8, 4) is 0 Å². The number of nitrogens with one attached hydrogen (secondary N) is 1. The van der Waals surface area contributed by atoms with Crippen LogP contribution in [0, 0.1) is 0 Å². The van der Waals surface area contributed by atoms with E-state index in [9.17, 15) is 0 Å². The Balaban J connectivity index is 2.22. The molecule has 1 atom stereocenters. The molecule has 1 saturated carbocycles. The lowest BCUT2D eigenvalue weighted by molar-refractivity contribution is -0.0467. The Morgan fingerprint density at radius 3 is 2.15 bits per heavy atom. The Kier molecular flexibility index (Phi) is 5.22. The van der Waals surface area contributed by atoms with E-state index in [-0.39, 0.29) is 11.6 Å². The summed E-state index contributed by atoms with van der Waals surface area (Å²) in [4.78, 5) is 0. The van der Waals surface area contributed by atoms with Crippen LogP contribution in [0.3, 0.4) is 0 Å². The van der Waals surface area contributed by atoms with Crippen LogP contribution < -0.4 is 5.32 Å². The number of ether oxygens (including phenoxy) is 1. The Bertz CT molecular complexity index is 396. The molecule has 2 heteroatoms. The quantitative estimate of drug-likeness (QED) is 0.795. The number of hydrogen-bond donors (Lipinski definition) is 1. The highest BCUT2D eigenvalue weighted by molar-refractivity contribution is 5.30. The SMILES string of the molecule is CCC(CC)(OC)C(NC)c1ccc(C2CCC2)cc1. The minimum atomic E-state index is -0.118. The first-order valence-electron chi connectivity index (χ1n) is 8.03. The number of methoxy groups -OCH3 is 1. The molecule has 2 rings (SSSR count). The highest BCUT2D eigenvalue weighted by Crippen LogP contribution is 2.38. The lowest BCUT2D eigenvalue weighted by Gasteiger charge is -2.39. The van der Waals surface area contributed by atoms with Gasteiger partial charge in [-0.05, 0) is 49.8 Å². The Labute approximate surface area is 123 Å². The molecule has 1 N–H and O–H groups in total. The van der Waals surface area contributed by atoms with Crippen LogP contribution in [0.5, 0.6) is 0 Å². The Hall–Kier alpha value is -0.860. The summed E-state index contributed by atoms with van der Waals surface area (Å²) >= 11 is 0. The maximum absolute atomic E-state index is 5.89. The zero-order chi connectivity index (χ0) is 14.6. The van der Waals surface area contributed by atoms with Crippen LogP contribution in [-0.4, -0.2) is 19.8 Å². The molecular weight excluding hydrogens is 246 g/mol. The van der Waals surface area contributed by atoms with Crippen molar-refractivity contribution < 1.29 is 4.74 Å². The Morgan fingerprint density at radius 1 is 1.20 bits per heavy atom.